The Morgan fingerprint density at radius 3 is 2.33 bits per heavy atom. The Morgan fingerprint density at radius 2 is 1.63 bits per heavy atom. The molecule has 152 valence electrons. The molecule has 0 aromatic heterocycles. The average Bonchev–Trinajstić information content (AvgIpc) is 2.75. The van der Waals surface area contributed by atoms with E-state index >= 15 is 0 Å². The van der Waals surface area contributed by atoms with E-state index in [0.29, 0.717) is 22.1 Å². The summed E-state index contributed by atoms with van der Waals surface area (Å²) >= 11 is 9.32. The molecule has 0 unspecified atom stereocenters. The topological polar surface area (TPSA) is 77.0 Å². The molecule has 3 aromatic rings. The molecule has 0 aliphatic heterocycles. The number of ether oxygens (including phenoxy) is 2. The first kappa shape index (κ1) is 21.5. The number of amides is 1. The van der Waals surface area contributed by atoms with Gasteiger partial charge in [0.2, 0.25) is 0 Å². The smallest absolute Gasteiger partial charge is 0.345 e. The van der Waals surface area contributed by atoms with Crippen LogP contribution >= 0.6 is 27.5 Å². The SMILES string of the molecule is O=C(COc1ccc(Br)cc1)N/N=C\c1ccc(OC(=O)c2ccccc2Cl)cc1. The van der Waals surface area contributed by atoms with Crippen molar-refractivity contribution in [1.82, 2.24) is 5.43 Å². The quantitative estimate of drug-likeness (QED) is 0.224. The molecule has 0 saturated heterocycles. The van der Waals surface area contributed by atoms with Gasteiger partial charge in [0.25, 0.3) is 5.91 Å². The minimum atomic E-state index is -0.542. The third-order valence-corrected chi connectivity index (χ3v) is 4.63. The fourth-order valence-electron chi connectivity index (χ4n) is 2.30. The first-order valence-corrected chi connectivity index (χ1v) is 9.95. The van der Waals surface area contributed by atoms with Crippen LogP contribution in [0.3, 0.4) is 0 Å². The van der Waals surface area contributed by atoms with Crippen LogP contribution in [0.25, 0.3) is 0 Å². The average molecular weight is 488 g/mol. The van der Waals surface area contributed by atoms with Gasteiger partial charge < -0.3 is 9.47 Å². The number of halogens is 2. The van der Waals surface area contributed by atoms with Crippen LogP contribution in [-0.4, -0.2) is 24.7 Å². The highest BCUT2D eigenvalue weighted by atomic mass is 79.9. The van der Waals surface area contributed by atoms with Gasteiger partial charge in [-0.2, -0.15) is 5.10 Å². The van der Waals surface area contributed by atoms with Crippen LogP contribution in [0.1, 0.15) is 15.9 Å². The first-order valence-electron chi connectivity index (χ1n) is 8.78. The largest absolute Gasteiger partial charge is 0.484 e. The first-order chi connectivity index (χ1) is 14.5. The molecule has 0 atom stereocenters. The van der Waals surface area contributed by atoms with Gasteiger partial charge in [0, 0.05) is 4.47 Å². The van der Waals surface area contributed by atoms with Crippen LogP contribution in [0.2, 0.25) is 5.02 Å². The summed E-state index contributed by atoms with van der Waals surface area (Å²) in [6, 6.07) is 20.4. The van der Waals surface area contributed by atoms with Gasteiger partial charge in [0.1, 0.15) is 11.5 Å². The summed E-state index contributed by atoms with van der Waals surface area (Å²) < 4.78 is 11.6. The molecule has 1 amide bonds. The Labute approximate surface area is 186 Å². The van der Waals surface area contributed by atoms with Crippen molar-refractivity contribution in [2.24, 2.45) is 5.10 Å². The summed E-state index contributed by atoms with van der Waals surface area (Å²) in [6.07, 6.45) is 1.47. The third-order valence-electron chi connectivity index (χ3n) is 3.77. The van der Waals surface area contributed by atoms with Crippen LogP contribution in [0.5, 0.6) is 11.5 Å². The van der Waals surface area contributed by atoms with Gasteiger partial charge >= 0.3 is 5.97 Å². The van der Waals surface area contributed by atoms with Gasteiger partial charge in [-0.25, -0.2) is 10.2 Å². The van der Waals surface area contributed by atoms with Gasteiger partial charge in [-0.15, -0.1) is 0 Å². The molecule has 0 spiro atoms. The predicted octanol–water partition coefficient (Wildman–Crippen LogP) is 4.85. The number of hydrogen-bond acceptors (Lipinski definition) is 5. The normalized spacial score (nSPS) is 10.6. The van der Waals surface area contributed by atoms with Crippen LogP contribution in [0.15, 0.2) is 82.4 Å². The number of benzene rings is 3. The molecular formula is C22H16BrClN2O4. The highest BCUT2D eigenvalue weighted by Gasteiger charge is 2.11. The second-order valence-corrected chi connectivity index (χ2v) is 7.30. The second kappa shape index (κ2) is 10.6. The van der Waals surface area contributed by atoms with E-state index in [9.17, 15) is 9.59 Å². The van der Waals surface area contributed by atoms with Crippen LogP contribution in [-0.2, 0) is 4.79 Å². The summed E-state index contributed by atoms with van der Waals surface area (Å²) in [5, 5.41) is 4.21. The molecule has 8 heteroatoms. The number of carbonyl (C=O) groups is 2. The molecule has 0 saturated carbocycles. The summed E-state index contributed by atoms with van der Waals surface area (Å²) in [7, 11) is 0. The number of nitrogens with zero attached hydrogens (tertiary/aromatic N) is 1. The highest BCUT2D eigenvalue weighted by Crippen LogP contribution is 2.19. The molecule has 3 rings (SSSR count). The summed E-state index contributed by atoms with van der Waals surface area (Å²) in [5.41, 5.74) is 3.38. The third kappa shape index (κ3) is 6.43. The van der Waals surface area contributed by atoms with Crippen molar-refractivity contribution in [3.8, 4) is 11.5 Å². The van der Waals surface area contributed by atoms with Gasteiger partial charge in [0.15, 0.2) is 6.61 Å². The lowest BCUT2D eigenvalue weighted by atomic mass is 10.2. The van der Waals surface area contributed by atoms with Gasteiger partial charge in [-0.3, -0.25) is 4.79 Å². The monoisotopic (exact) mass is 486 g/mol. The molecule has 0 bridgehead atoms. The lowest BCUT2D eigenvalue weighted by Crippen LogP contribution is -2.24. The van der Waals surface area contributed by atoms with Crippen molar-refractivity contribution in [3.63, 3.8) is 0 Å². The van der Waals surface area contributed by atoms with Crippen LogP contribution in [0.4, 0.5) is 0 Å². The van der Waals surface area contributed by atoms with Crippen molar-refractivity contribution >= 4 is 45.6 Å². The molecule has 0 heterocycles. The van der Waals surface area contributed by atoms with Crippen molar-refractivity contribution in [2.45, 2.75) is 0 Å². The van der Waals surface area contributed by atoms with E-state index in [2.05, 4.69) is 26.5 Å². The minimum absolute atomic E-state index is 0.157. The Hall–Kier alpha value is -3.16. The maximum Gasteiger partial charge on any atom is 0.345 e. The Bertz CT molecular complexity index is 1050. The van der Waals surface area contributed by atoms with E-state index in [4.69, 9.17) is 21.1 Å². The maximum atomic E-state index is 12.2. The number of hydrazone groups is 1. The molecule has 1 N–H and O–H groups in total. The van der Waals surface area contributed by atoms with E-state index in [1.165, 1.54) is 6.21 Å². The van der Waals surface area contributed by atoms with E-state index in [-0.39, 0.29) is 18.1 Å². The Balaban J connectivity index is 1.47. The predicted molar refractivity (Wildman–Crippen MR) is 118 cm³/mol. The number of rotatable bonds is 7. The summed E-state index contributed by atoms with van der Waals surface area (Å²) in [4.78, 5) is 23.9. The fourth-order valence-corrected chi connectivity index (χ4v) is 2.78. The van der Waals surface area contributed by atoms with E-state index in [1.54, 1.807) is 60.7 Å². The van der Waals surface area contributed by atoms with Crippen molar-refractivity contribution < 1.29 is 19.1 Å². The highest BCUT2D eigenvalue weighted by molar-refractivity contribution is 9.10. The Kier molecular flexibility index (Phi) is 7.59. The molecule has 0 aliphatic rings. The number of hydrogen-bond donors (Lipinski definition) is 1. The lowest BCUT2D eigenvalue weighted by Gasteiger charge is -2.06. The van der Waals surface area contributed by atoms with E-state index in [0.717, 1.165) is 4.47 Å². The number of carbonyl (C=O) groups excluding carboxylic acids is 2. The fraction of sp³-hybridized carbons (Fsp3) is 0.0455. The summed E-state index contributed by atoms with van der Waals surface area (Å²) in [6.45, 7) is -0.157. The van der Waals surface area contributed by atoms with Gasteiger partial charge in [-0.05, 0) is 66.2 Å². The molecule has 0 aliphatic carbocycles. The lowest BCUT2D eigenvalue weighted by molar-refractivity contribution is -0.123. The van der Waals surface area contributed by atoms with E-state index < -0.39 is 5.97 Å². The number of nitrogens with one attached hydrogen (secondary N) is 1. The zero-order chi connectivity index (χ0) is 21.3. The molecular weight excluding hydrogens is 472 g/mol. The maximum absolute atomic E-state index is 12.2. The summed E-state index contributed by atoms with van der Waals surface area (Å²) in [5.74, 6) is 0.0165. The standard InChI is InChI=1S/C22H16BrClN2O4/c23-16-7-11-17(12-8-16)29-14-21(27)26-25-13-15-5-9-18(10-6-15)30-22(28)19-3-1-2-4-20(19)24/h1-13H,14H2,(H,26,27)/b25-13-. The minimum Gasteiger partial charge on any atom is -0.484 e. The zero-order valence-corrected chi connectivity index (χ0v) is 17.9. The zero-order valence-electron chi connectivity index (χ0n) is 15.5. The molecule has 3 aromatic carbocycles. The van der Waals surface area contributed by atoms with Gasteiger partial charge in [-0.1, -0.05) is 39.7 Å². The molecule has 30 heavy (non-hydrogen) atoms. The second-order valence-electron chi connectivity index (χ2n) is 5.97. The Morgan fingerprint density at radius 1 is 0.967 bits per heavy atom. The van der Waals surface area contributed by atoms with Crippen molar-refractivity contribution in [1.29, 1.82) is 0 Å². The van der Waals surface area contributed by atoms with Gasteiger partial charge in [0.05, 0.1) is 16.8 Å². The van der Waals surface area contributed by atoms with Crippen LogP contribution < -0.4 is 14.9 Å². The van der Waals surface area contributed by atoms with Crippen LogP contribution in [0, 0.1) is 0 Å². The molecule has 0 fully saturated rings. The molecule has 6 nitrogen and oxygen atoms in total. The van der Waals surface area contributed by atoms with E-state index in [1.807, 2.05) is 12.1 Å². The van der Waals surface area contributed by atoms with Crippen molar-refractivity contribution in [3.05, 3.63) is 93.4 Å². The molecule has 0 radical (unpaired) electrons. The van der Waals surface area contributed by atoms with Crippen molar-refractivity contribution in [2.75, 3.05) is 6.61 Å². The number of esters is 1.